The van der Waals surface area contributed by atoms with Gasteiger partial charge in [0.15, 0.2) is 0 Å². The number of likely N-dealkylation sites (tertiary alicyclic amines) is 1. The van der Waals surface area contributed by atoms with Crippen molar-refractivity contribution >= 4 is 5.91 Å². The Hall–Kier alpha value is -2.24. The lowest BCUT2D eigenvalue weighted by atomic mass is 9.95. The van der Waals surface area contributed by atoms with Crippen LogP contribution in [0, 0.1) is 11.3 Å². The van der Waals surface area contributed by atoms with E-state index in [-0.39, 0.29) is 11.3 Å². The molecule has 3 heterocycles. The van der Waals surface area contributed by atoms with Crippen LogP contribution in [-0.2, 0) is 17.8 Å². The Balaban J connectivity index is 1.62. The van der Waals surface area contributed by atoms with Crippen molar-refractivity contribution in [3.05, 3.63) is 30.4 Å². The number of amides is 1. The SMILES string of the molecule is CCn1nccc1-c1cnc(C[C@H]2CCN(C(=O)C(C)(C)C)C2)cn1. The van der Waals surface area contributed by atoms with Gasteiger partial charge in [0.1, 0.15) is 5.69 Å². The van der Waals surface area contributed by atoms with Gasteiger partial charge in [-0.1, -0.05) is 20.8 Å². The molecule has 6 heteroatoms. The van der Waals surface area contributed by atoms with E-state index in [4.69, 9.17) is 0 Å². The second kappa shape index (κ2) is 6.94. The lowest BCUT2D eigenvalue weighted by Crippen LogP contribution is -2.38. The molecule has 0 saturated carbocycles. The molecule has 1 aliphatic heterocycles. The molecule has 1 fully saturated rings. The van der Waals surface area contributed by atoms with Gasteiger partial charge in [0, 0.05) is 37.4 Å². The maximum absolute atomic E-state index is 12.4. The van der Waals surface area contributed by atoms with Crippen LogP contribution in [0.3, 0.4) is 0 Å². The van der Waals surface area contributed by atoms with E-state index in [1.54, 1.807) is 6.20 Å². The number of rotatable bonds is 4. The summed E-state index contributed by atoms with van der Waals surface area (Å²) in [6, 6.07) is 1.96. The Labute approximate surface area is 149 Å². The minimum Gasteiger partial charge on any atom is -0.342 e. The summed E-state index contributed by atoms with van der Waals surface area (Å²) in [5.74, 6) is 0.705. The van der Waals surface area contributed by atoms with Gasteiger partial charge in [-0.15, -0.1) is 0 Å². The third-order valence-corrected chi connectivity index (χ3v) is 4.70. The van der Waals surface area contributed by atoms with Gasteiger partial charge in [-0.2, -0.15) is 5.10 Å². The quantitative estimate of drug-likeness (QED) is 0.858. The lowest BCUT2D eigenvalue weighted by molar-refractivity contribution is -0.138. The molecule has 2 aromatic heterocycles. The van der Waals surface area contributed by atoms with Gasteiger partial charge in [-0.25, -0.2) is 0 Å². The molecule has 6 nitrogen and oxygen atoms in total. The molecule has 3 rings (SSSR count). The number of hydrogen-bond acceptors (Lipinski definition) is 4. The van der Waals surface area contributed by atoms with Gasteiger partial charge in [-0.05, 0) is 31.7 Å². The molecule has 1 atom stereocenters. The van der Waals surface area contributed by atoms with Crippen molar-refractivity contribution in [2.45, 2.75) is 47.1 Å². The summed E-state index contributed by atoms with van der Waals surface area (Å²) < 4.78 is 1.91. The zero-order valence-electron chi connectivity index (χ0n) is 15.6. The van der Waals surface area contributed by atoms with E-state index in [1.807, 2.05) is 48.8 Å². The minimum atomic E-state index is -0.307. The molecule has 0 bridgehead atoms. The topological polar surface area (TPSA) is 63.9 Å². The first-order chi connectivity index (χ1) is 11.9. The maximum Gasteiger partial charge on any atom is 0.227 e. The van der Waals surface area contributed by atoms with Crippen molar-refractivity contribution in [2.24, 2.45) is 11.3 Å². The molecular formula is C19H27N5O. The Morgan fingerprint density at radius 1 is 1.28 bits per heavy atom. The fourth-order valence-corrected chi connectivity index (χ4v) is 3.35. The van der Waals surface area contributed by atoms with Crippen LogP contribution >= 0.6 is 0 Å². The monoisotopic (exact) mass is 341 g/mol. The molecule has 1 amide bonds. The van der Waals surface area contributed by atoms with Gasteiger partial charge in [0.25, 0.3) is 0 Å². The predicted molar refractivity (Wildman–Crippen MR) is 96.8 cm³/mol. The lowest BCUT2D eigenvalue weighted by Gasteiger charge is -2.25. The summed E-state index contributed by atoms with van der Waals surface area (Å²) in [7, 11) is 0. The number of hydrogen-bond donors (Lipinski definition) is 0. The van der Waals surface area contributed by atoms with Crippen molar-refractivity contribution in [2.75, 3.05) is 13.1 Å². The first-order valence-corrected chi connectivity index (χ1v) is 9.01. The molecule has 0 aromatic carbocycles. The van der Waals surface area contributed by atoms with Gasteiger partial charge < -0.3 is 4.90 Å². The zero-order valence-corrected chi connectivity index (χ0v) is 15.6. The zero-order chi connectivity index (χ0) is 18.0. The summed E-state index contributed by atoms with van der Waals surface area (Å²) in [6.07, 6.45) is 7.37. The molecule has 2 aromatic rings. The van der Waals surface area contributed by atoms with E-state index in [0.717, 1.165) is 49.6 Å². The van der Waals surface area contributed by atoms with Crippen molar-refractivity contribution in [1.29, 1.82) is 0 Å². The van der Waals surface area contributed by atoms with Crippen LogP contribution in [0.15, 0.2) is 24.7 Å². The first-order valence-electron chi connectivity index (χ1n) is 9.01. The number of aryl methyl sites for hydroxylation is 1. The highest BCUT2D eigenvalue weighted by atomic mass is 16.2. The maximum atomic E-state index is 12.4. The number of carbonyl (C=O) groups is 1. The van der Waals surface area contributed by atoms with E-state index < -0.39 is 0 Å². The number of aromatic nitrogens is 4. The van der Waals surface area contributed by atoms with Crippen LogP contribution < -0.4 is 0 Å². The average molecular weight is 341 g/mol. The fourth-order valence-electron chi connectivity index (χ4n) is 3.35. The van der Waals surface area contributed by atoms with Crippen molar-refractivity contribution < 1.29 is 4.79 Å². The molecule has 0 spiro atoms. The van der Waals surface area contributed by atoms with E-state index >= 15 is 0 Å². The van der Waals surface area contributed by atoms with E-state index in [0.29, 0.717) is 5.92 Å². The van der Waals surface area contributed by atoms with Crippen LogP contribution in [0.1, 0.15) is 39.8 Å². The van der Waals surface area contributed by atoms with E-state index in [1.165, 1.54) is 0 Å². The fraction of sp³-hybridized carbons (Fsp3) is 0.579. The highest BCUT2D eigenvalue weighted by Crippen LogP contribution is 2.26. The molecule has 0 radical (unpaired) electrons. The van der Waals surface area contributed by atoms with Crippen LogP contribution in [0.2, 0.25) is 0 Å². The number of carbonyl (C=O) groups excluding carboxylic acids is 1. The molecule has 25 heavy (non-hydrogen) atoms. The largest absolute Gasteiger partial charge is 0.342 e. The third-order valence-electron chi connectivity index (χ3n) is 4.70. The molecule has 134 valence electrons. The Morgan fingerprint density at radius 2 is 2.08 bits per heavy atom. The Kier molecular flexibility index (Phi) is 4.88. The minimum absolute atomic E-state index is 0.240. The summed E-state index contributed by atoms with van der Waals surface area (Å²) >= 11 is 0. The van der Waals surface area contributed by atoms with Crippen molar-refractivity contribution in [3.8, 4) is 11.4 Å². The number of nitrogens with zero attached hydrogens (tertiary/aromatic N) is 5. The van der Waals surface area contributed by atoms with Gasteiger partial charge >= 0.3 is 0 Å². The van der Waals surface area contributed by atoms with Crippen LogP contribution in [-0.4, -0.2) is 43.6 Å². The van der Waals surface area contributed by atoms with Gasteiger partial charge in [0.2, 0.25) is 5.91 Å². The second-order valence-electron chi connectivity index (χ2n) is 7.79. The molecular weight excluding hydrogens is 314 g/mol. The first kappa shape index (κ1) is 17.6. The summed E-state index contributed by atoms with van der Waals surface area (Å²) in [4.78, 5) is 23.5. The van der Waals surface area contributed by atoms with E-state index in [9.17, 15) is 4.79 Å². The van der Waals surface area contributed by atoms with Gasteiger partial charge in [0.05, 0.1) is 17.6 Å². The van der Waals surface area contributed by atoms with Crippen molar-refractivity contribution in [3.63, 3.8) is 0 Å². The Morgan fingerprint density at radius 3 is 2.72 bits per heavy atom. The summed E-state index contributed by atoms with van der Waals surface area (Å²) in [5, 5.41) is 4.27. The van der Waals surface area contributed by atoms with Crippen LogP contribution in [0.4, 0.5) is 0 Å². The second-order valence-corrected chi connectivity index (χ2v) is 7.79. The molecule has 1 aliphatic rings. The smallest absolute Gasteiger partial charge is 0.227 e. The summed E-state index contributed by atoms with van der Waals surface area (Å²) in [6.45, 7) is 10.5. The summed E-state index contributed by atoms with van der Waals surface area (Å²) in [5.41, 5.74) is 2.52. The standard InChI is InChI=1S/C19H27N5O/c1-5-24-17(6-8-22-24)16-12-20-15(11-21-16)10-14-7-9-23(13-14)18(25)19(2,3)4/h6,8,11-12,14H,5,7,9-10,13H2,1-4H3/t14-/m1/s1. The Bertz CT molecular complexity index is 729. The highest BCUT2D eigenvalue weighted by molar-refractivity contribution is 5.81. The van der Waals surface area contributed by atoms with E-state index in [2.05, 4.69) is 22.0 Å². The molecule has 1 saturated heterocycles. The molecule has 0 N–H and O–H groups in total. The van der Waals surface area contributed by atoms with Crippen molar-refractivity contribution in [1.82, 2.24) is 24.6 Å². The molecule has 0 unspecified atom stereocenters. The van der Waals surface area contributed by atoms with Crippen LogP contribution in [0.25, 0.3) is 11.4 Å². The van der Waals surface area contributed by atoms with Crippen LogP contribution in [0.5, 0.6) is 0 Å². The normalized spacial score (nSPS) is 17.9. The highest BCUT2D eigenvalue weighted by Gasteiger charge is 2.32. The van der Waals surface area contributed by atoms with Gasteiger partial charge in [-0.3, -0.25) is 19.4 Å². The third kappa shape index (κ3) is 3.89. The average Bonchev–Trinajstić information content (AvgIpc) is 3.23. The predicted octanol–water partition coefficient (Wildman–Crippen LogP) is 2.80. The molecule has 0 aliphatic carbocycles.